The number of carbonyl (C=O) groups is 1. The van der Waals surface area contributed by atoms with E-state index in [0.29, 0.717) is 6.42 Å². The number of aryl methyl sites for hydroxylation is 2. The zero-order valence-corrected chi connectivity index (χ0v) is 11.3. The molecule has 0 aliphatic heterocycles. The number of anilines is 1. The fourth-order valence-corrected chi connectivity index (χ4v) is 1.83. The van der Waals surface area contributed by atoms with Crippen molar-refractivity contribution in [1.29, 1.82) is 0 Å². The molecule has 17 heavy (non-hydrogen) atoms. The third-order valence-electron chi connectivity index (χ3n) is 2.46. The average molecular weight is 235 g/mol. The van der Waals surface area contributed by atoms with Crippen LogP contribution in [0.5, 0.6) is 0 Å². The Bertz CT molecular complexity index is 407. The van der Waals surface area contributed by atoms with Gasteiger partial charge in [-0.1, -0.05) is 0 Å². The Morgan fingerprint density at radius 3 is 2.12 bits per heavy atom. The summed E-state index contributed by atoms with van der Waals surface area (Å²) in [7, 11) is 0. The zero-order chi connectivity index (χ0) is 13.2. The van der Waals surface area contributed by atoms with Crippen molar-refractivity contribution >= 4 is 11.7 Å². The van der Waals surface area contributed by atoms with E-state index in [1.807, 2.05) is 46.8 Å². The number of rotatable bonds is 2. The summed E-state index contributed by atoms with van der Waals surface area (Å²) in [5.74, 6) is -0.200. The predicted molar refractivity (Wildman–Crippen MR) is 69.9 cm³/mol. The van der Waals surface area contributed by atoms with E-state index in [1.165, 1.54) is 0 Å². The maximum atomic E-state index is 11.8. The Hall–Kier alpha value is -1.51. The molecule has 94 valence electrons. The summed E-state index contributed by atoms with van der Waals surface area (Å²) in [5, 5.41) is 0. The van der Waals surface area contributed by atoms with Crippen LogP contribution in [0.2, 0.25) is 0 Å². The molecule has 0 fully saturated rings. The molecule has 3 nitrogen and oxygen atoms in total. The Labute approximate surface area is 103 Å². The summed E-state index contributed by atoms with van der Waals surface area (Å²) in [6.07, 6.45) is 0.301. The molecule has 0 aliphatic rings. The third kappa shape index (κ3) is 4.10. The van der Waals surface area contributed by atoms with Crippen molar-refractivity contribution in [2.24, 2.45) is 0 Å². The lowest BCUT2D eigenvalue weighted by atomic mass is 9.99. The van der Waals surface area contributed by atoms with Gasteiger partial charge < -0.3 is 10.5 Å². The molecule has 2 N–H and O–H groups in total. The molecule has 0 spiro atoms. The Morgan fingerprint density at radius 2 is 1.71 bits per heavy atom. The lowest BCUT2D eigenvalue weighted by molar-refractivity contribution is -0.153. The smallest absolute Gasteiger partial charge is 0.310 e. The molecule has 0 radical (unpaired) electrons. The molecule has 0 bridgehead atoms. The molecule has 1 aromatic carbocycles. The van der Waals surface area contributed by atoms with Gasteiger partial charge in [0.2, 0.25) is 0 Å². The highest BCUT2D eigenvalue weighted by molar-refractivity contribution is 5.74. The van der Waals surface area contributed by atoms with Crippen molar-refractivity contribution in [3.63, 3.8) is 0 Å². The van der Waals surface area contributed by atoms with Crippen molar-refractivity contribution in [3.05, 3.63) is 28.8 Å². The van der Waals surface area contributed by atoms with Crippen molar-refractivity contribution in [2.45, 2.75) is 46.6 Å². The summed E-state index contributed by atoms with van der Waals surface area (Å²) in [6.45, 7) is 9.53. The molecule has 1 rings (SSSR count). The number of nitrogens with two attached hydrogens (primary N) is 1. The van der Waals surface area contributed by atoms with Crippen LogP contribution in [0.25, 0.3) is 0 Å². The van der Waals surface area contributed by atoms with Crippen LogP contribution >= 0.6 is 0 Å². The molecular formula is C14H21NO2. The number of ether oxygens (including phenoxy) is 1. The van der Waals surface area contributed by atoms with Crippen LogP contribution in [0.3, 0.4) is 0 Å². The quantitative estimate of drug-likeness (QED) is 0.633. The van der Waals surface area contributed by atoms with E-state index in [-0.39, 0.29) is 5.97 Å². The van der Waals surface area contributed by atoms with Gasteiger partial charge in [0, 0.05) is 5.69 Å². The van der Waals surface area contributed by atoms with Gasteiger partial charge in [-0.2, -0.15) is 0 Å². The third-order valence-corrected chi connectivity index (χ3v) is 2.46. The minimum atomic E-state index is -0.438. The van der Waals surface area contributed by atoms with Gasteiger partial charge in [0.1, 0.15) is 5.60 Å². The van der Waals surface area contributed by atoms with Crippen molar-refractivity contribution in [3.8, 4) is 0 Å². The van der Waals surface area contributed by atoms with E-state index < -0.39 is 5.60 Å². The molecule has 3 heteroatoms. The van der Waals surface area contributed by atoms with E-state index in [9.17, 15) is 4.79 Å². The van der Waals surface area contributed by atoms with E-state index in [4.69, 9.17) is 10.5 Å². The fourth-order valence-electron chi connectivity index (χ4n) is 1.83. The van der Waals surface area contributed by atoms with Gasteiger partial charge in [0.25, 0.3) is 0 Å². The maximum Gasteiger partial charge on any atom is 0.310 e. The monoisotopic (exact) mass is 235 g/mol. The molecule has 0 saturated heterocycles. The van der Waals surface area contributed by atoms with Gasteiger partial charge in [-0.05, 0) is 63.4 Å². The second-order valence-electron chi connectivity index (χ2n) is 5.40. The first-order valence-electron chi connectivity index (χ1n) is 5.76. The number of hydrogen-bond acceptors (Lipinski definition) is 3. The summed E-state index contributed by atoms with van der Waals surface area (Å²) >= 11 is 0. The van der Waals surface area contributed by atoms with E-state index in [2.05, 4.69) is 0 Å². The first kappa shape index (κ1) is 13.6. The number of carbonyl (C=O) groups excluding carboxylic acids is 1. The van der Waals surface area contributed by atoms with Gasteiger partial charge in [0.05, 0.1) is 6.42 Å². The van der Waals surface area contributed by atoms with Gasteiger partial charge >= 0.3 is 5.97 Å². The summed E-state index contributed by atoms with van der Waals surface area (Å²) < 4.78 is 5.31. The summed E-state index contributed by atoms with van der Waals surface area (Å²) in [6, 6.07) is 3.76. The molecule has 0 unspecified atom stereocenters. The van der Waals surface area contributed by atoms with Crippen LogP contribution in [0.15, 0.2) is 12.1 Å². The average Bonchev–Trinajstić information content (AvgIpc) is 2.08. The van der Waals surface area contributed by atoms with Crippen LogP contribution in [-0.2, 0) is 16.0 Å². The fraction of sp³-hybridized carbons (Fsp3) is 0.500. The molecule has 1 aromatic rings. The van der Waals surface area contributed by atoms with Gasteiger partial charge in [-0.3, -0.25) is 4.79 Å². The second-order valence-corrected chi connectivity index (χ2v) is 5.40. The zero-order valence-electron chi connectivity index (χ0n) is 11.3. The maximum absolute atomic E-state index is 11.8. The Kier molecular flexibility index (Phi) is 3.81. The lowest BCUT2D eigenvalue weighted by Gasteiger charge is -2.20. The molecule has 0 atom stereocenters. The van der Waals surface area contributed by atoms with Crippen molar-refractivity contribution < 1.29 is 9.53 Å². The highest BCUT2D eigenvalue weighted by Crippen LogP contribution is 2.20. The standard InChI is InChI=1S/C14H21NO2/c1-9-6-11(15)7-10(2)12(9)8-13(16)17-14(3,4)5/h6-7H,8,15H2,1-5H3. The predicted octanol–water partition coefficient (Wildman–Crippen LogP) is 2.77. The first-order chi connectivity index (χ1) is 7.69. The largest absolute Gasteiger partial charge is 0.460 e. The van der Waals surface area contributed by atoms with E-state index >= 15 is 0 Å². The number of nitrogen functional groups attached to an aromatic ring is 1. The lowest BCUT2D eigenvalue weighted by Crippen LogP contribution is -2.25. The molecular weight excluding hydrogens is 214 g/mol. The number of benzene rings is 1. The second kappa shape index (κ2) is 4.78. The molecule has 0 saturated carbocycles. The van der Waals surface area contributed by atoms with Crippen LogP contribution in [0, 0.1) is 13.8 Å². The van der Waals surface area contributed by atoms with Crippen molar-refractivity contribution in [2.75, 3.05) is 5.73 Å². The first-order valence-corrected chi connectivity index (χ1v) is 5.76. The van der Waals surface area contributed by atoms with E-state index in [0.717, 1.165) is 22.4 Å². The van der Waals surface area contributed by atoms with Crippen LogP contribution < -0.4 is 5.73 Å². The Balaban J connectivity index is 2.86. The normalized spacial score (nSPS) is 11.4. The van der Waals surface area contributed by atoms with Crippen LogP contribution in [0.1, 0.15) is 37.5 Å². The summed E-state index contributed by atoms with van der Waals surface area (Å²) in [4.78, 5) is 11.8. The highest BCUT2D eigenvalue weighted by Gasteiger charge is 2.18. The minimum absolute atomic E-state index is 0.200. The van der Waals surface area contributed by atoms with Gasteiger partial charge in [0.15, 0.2) is 0 Å². The topological polar surface area (TPSA) is 52.3 Å². The molecule has 0 amide bonds. The number of hydrogen-bond donors (Lipinski definition) is 1. The highest BCUT2D eigenvalue weighted by atomic mass is 16.6. The SMILES string of the molecule is Cc1cc(N)cc(C)c1CC(=O)OC(C)(C)C. The van der Waals surface area contributed by atoms with E-state index in [1.54, 1.807) is 0 Å². The van der Waals surface area contributed by atoms with Crippen molar-refractivity contribution in [1.82, 2.24) is 0 Å². The molecule has 0 aliphatic carbocycles. The summed E-state index contributed by atoms with van der Waals surface area (Å²) in [5.41, 5.74) is 9.12. The molecule has 0 aromatic heterocycles. The van der Waals surface area contributed by atoms with Gasteiger partial charge in [-0.25, -0.2) is 0 Å². The Morgan fingerprint density at radius 1 is 1.24 bits per heavy atom. The van der Waals surface area contributed by atoms with Crippen LogP contribution in [0.4, 0.5) is 5.69 Å². The van der Waals surface area contributed by atoms with Crippen LogP contribution in [-0.4, -0.2) is 11.6 Å². The number of esters is 1. The minimum Gasteiger partial charge on any atom is -0.460 e. The van der Waals surface area contributed by atoms with Gasteiger partial charge in [-0.15, -0.1) is 0 Å². The molecule has 0 heterocycles.